The molecule has 1 N–H and O–H groups in total. The Bertz CT molecular complexity index is 1520. The fourth-order valence-electron chi connectivity index (χ4n) is 4.03. The van der Waals surface area contributed by atoms with Gasteiger partial charge in [-0.05, 0) is 35.4 Å². The molecule has 174 valence electrons. The third kappa shape index (κ3) is 4.41. The van der Waals surface area contributed by atoms with E-state index < -0.39 is 5.92 Å². The van der Waals surface area contributed by atoms with Crippen LogP contribution in [0.1, 0.15) is 17.0 Å². The predicted octanol–water partition coefficient (Wildman–Crippen LogP) is 5.35. The van der Waals surface area contributed by atoms with Crippen LogP contribution in [0, 0.1) is 5.82 Å². The van der Waals surface area contributed by atoms with E-state index in [9.17, 15) is 9.18 Å². The van der Waals surface area contributed by atoms with Crippen molar-refractivity contribution in [1.29, 1.82) is 0 Å². The number of aromatic nitrogens is 4. The van der Waals surface area contributed by atoms with Gasteiger partial charge in [-0.2, -0.15) is 5.10 Å². The molecule has 7 nitrogen and oxygen atoms in total. The average molecular weight is 486 g/mol. The van der Waals surface area contributed by atoms with Gasteiger partial charge in [0.1, 0.15) is 22.8 Å². The van der Waals surface area contributed by atoms with Crippen LogP contribution < -0.4 is 10.1 Å². The van der Waals surface area contributed by atoms with Crippen LogP contribution >= 0.6 is 11.3 Å². The van der Waals surface area contributed by atoms with Crippen molar-refractivity contribution in [3.05, 3.63) is 108 Å². The van der Waals surface area contributed by atoms with Gasteiger partial charge < -0.3 is 4.74 Å². The molecule has 0 aliphatic carbocycles. The highest BCUT2D eigenvalue weighted by Crippen LogP contribution is 2.35. The number of carbonyl (C=O) groups is 1. The Labute approximate surface area is 204 Å². The molecule has 35 heavy (non-hydrogen) atoms. The molecule has 0 aliphatic rings. The van der Waals surface area contributed by atoms with Crippen LogP contribution in [0.4, 0.5) is 9.52 Å². The lowest BCUT2D eigenvalue weighted by atomic mass is 9.84. The predicted molar refractivity (Wildman–Crippen MR) is 134 cm³/mol. The number of carbonyl (C=O) groups excluding carboxylic acids is 1. The lowest BCUT2D eigenvalue weighted by Crippen LogP contribution is -2.19. The summed E-state index contributed by atoms with van der Waals surface area (Å²) in [5.41, 5.74) is 5.17. The van der Waals surface area contributed by atoms with Crippen LogP contribution in [-0.2, 0) is 4.79 Å². The van der Waals surface area contributed by atoms with E-state index in [1.807, 2.05) is 48.5 Å². The normalized spacial score (nSPS) is 11.8. The second kappa shape index (κ2) is 9.47. The number of hydrogen-bond acceptors (Lipinski definition) is 6. The van der Waals surface area contributed by atoms with Crippen LogP contribution in [0.5, 0.6) is 5.75 Å². The molecule has 0 aliphatic heterocycles. The number of methoxy groups -OCH3 is 1. The van der Waals surface area contributed by atoms with Gasteiger partial charge in [0.15, 0.2) is 0 Å². The van der Waals surface area contributed by atoms with Gasteiger partial charge in [-0.1, -0.05) is 54.3 Å². The van der Waals surface area contributed by atoms with Crippen molar-refractivity contribution in [3.63, 3.8) is 0 Å². The maximum absolute atomic E-state index is 13.7. The Hall–Kier alpha value is -4.37. The maximum Gasteiger partial charge on any atom is 0.253 e. The van der Waals surface area contributed by atoms with Crippen molar-refractivity contribution >= 4 is 33.3 Å². The second-order valence-corrected chi connectivity index (χ2v) is 8.59. The molecule has 1 atom stereocenters. The SMILES string of the molecule is C=C(C(=O)Nc1nncs1)[C@@H](c1ccccc1)c1ccc2c(cnn2-c2ccc(F)cc2OC)c1. The van der Waals surface area contributed by atoms with Gasteiger partial charge in [0.05, 0.1) is 18.8 Å². The molecular formula is C26H20FN5O2S. The third-order valence-electron chi connectivity index (χ3n) is 5.65. The van der Waals surface area contributed by atoms with E-state index in [0.29, 0.717) is 22.1 Å². The van der Waals surface area contributed by atoms with E-state index in [1.54, 1.807) is 22.5 Å². The number of fused-ring (bicyclic) bond motifs is 1. The molecule has 3 aromatic carbocycles. The van der Waals surface area contributed by atoms with Crippen molar-refractivity contribution in [3.8, 4) is 11.4 Å². The summed E-state index contributed by atoms with van der Waals surface area (Å²) in [4.78, 5) is 13.0. The molecule has 0 saturated carbocycles. The Kier molecular flexibility index (Phi) is 6.07. The molecule has 2 heterocycles. The molecule has 0 saturated heterocycles. The number of rotatable bonds is 7. The smallest absolute Gasteiger partial charge is 0.253 e. The van der Waals surface area contributed by atoms with Crippen LogP contribution in [0.15, 0.2) is 90.6 Å². The molecule has 0 bridgehead atoms. The Morgan fingerprint density at radius 1 is 1.11 bits per heavy atom. The first-order valence-corrected chi connectivity index (χ1v) is 11.6. The van der Waals surface area contributed by atoms with E-state index in [1.165, 1.54) is 30.6 Å². The Balaban J connectivity index is 1.55. The average Bonchev–Trinajstić information content (AvgIpc) is 3.54. The van der Waals surface area contributed by atoms with Gasteiger partial charge in [0.2, 0.25) is 5.13 Å². The fraction of sp³-hybridized carbons (Fsp3) is 0.0769. The first-order valence-electron chi connectivity index (χ1n) is 10.7. The molecule has 5 rings (SSSR count). The first-order chi connectivity index (χ1) is 17.0. The summed E-state index contributed by atoms with van der Waals surface area (Å²) < 4.78 is 20.7. The summed E-state index contributed by atoms with van der Waals surface area (Å²) in [6.07, 6.45) is 1.73. The van der Waals surface area contributed by atoms with Gasteiger partial charge in [-0.3, -0.25) is 10.1 Å². The minimum Gasteiger partial charge on any atom is -0.494 e. The van der Waals surface area contributed by atoms with Gasteiger partial charge >= 0.3 is 0 Å². The molecule has 0 spiro atoms. The van der Waals surface area contributed by atoms with Crippen LogP contribution in [0.25, 0.3) is 16.6 Å². The summed E-state index contributed by atoms with van der Waals surface area (Å²) in [5.74, 6) is -0.733. The number of ether oxygens (including phenoxy) is 1. The first kappa shape index (κ1) is 22.4. The fourth-order valence-corrected chi connectivity index (χ4v) is 4.47. The van der Waals surface area contributed by atoms with Crippen LogP contribution in [-0.4, -0.2) is 33.0 Å². The number of hydrogen-bond donors (Lipinski definition) is 1. The van der Waals surface area contributed by atoms with E-state index in [0.717, 1.165) is 22.0 Å². The standard InChI is InChI=1S/C26H20FN5O2S/c1-16(25(33)30-26-31-28-15-35-26)24(17-6-4-3-5-7-17)18-8-10-21-19(12-18)14-29-32(21)22-11-9-20(27)13-23(22)34-2/h3-15,24H,1H2,2H3,(H,30,31,33)/t24-/m0/s1. The minimum absolute atomic E-state index is 0.331. The molecule has 9 heteroatoms. The van der Waals surface area contributed by atoms with Crippen molar-refractivity contribution in [1.82, 2.24) is 20.0 Å². The number of nitrogens with one attached hydrogen (secondary N) is 1. The van der Waals surface area contributed by atoms with E-state index in [4.69, 9.17) is 4.74 Å². The number of halogens is 1. The van der Waals surface area contributed by atoms with E-state index in [-0.39, 0.29) is 11.7 Å². The summed E-state index contributed by atoms with van der Waals surface area (Å²) >= 11 is 1.24. The van der Waals surface area contributed by atoms with Gasteiger partial charge in [-0.15, -0.1) is 10.2 Å². The molecule has 2 aromatic heterocycles. The molecule has 1 amide bonds. The van der Waals surface area contributed by atoms with Gasteiger partial charge in [0, 0.05) is 22.9 Å². The number of amides is 1. The summed E-state index contributed by atoms with van der Waals surface area (Å²) in [6.45, 7) is 4.12. The highest BCUT2D eigenvalue weighted by atomic mass is 32.1. The lowest BCUT2D eigenvalue weighted by Gasteiger charge is -2.20. The maximum atomic E-state index is 13.7. The van der Waals surface area contributed by atoms with Gasteiger partial charge in [-0.25, -0.2) is 9.07 Å². The molecule has 0 radical (unpaired) electrons. The number of anilines is 1. The highest BCUT2D eigenvalue weighted by Gasteiger charge is 2.24. The lowest BCUT2D eigenvalue weighted by molar-refractivity contribution is -0.113. The largest absolute Gasteiger partial charge is 0.494 e. The zero-order valence-corrected chi connectivity index (χ0v) is 19.5. The Morgan fingerprint density at radius 3 is 2.69 bits per heavy atom. The molecular weight excluding hydrogens is 465 g/mol. The zero-order valence-electron chi connectivity index (χ0n) is 18.7. The quantitative estimate of drug-likeness (QED) is 0.314. The summed E-state index contributed by atoms with van der Waals surface area (Å²) in [7, 11) is 1.49. The van der Waals surface area contributed by atoms with Crippen molar-refractivity contribution in [2.45, 2.75) is 5.92 Å². The molecule has 0 unspecified atom stereocenters. The highest BCUT2D eigenvalue weighted by molar-refractivity contribution is 7.13. The second-order valence-electron chi connectivity index (χ2n) is 7.76. The van der Waals surface area contributed by atoms with Gasteiger partial charge in [0.25, 0.3) is 5.91 Å². The van der Waals surface area contributed by atoms with Crippen LogP contribution in [0.2, 0.25) is 0 Å². The summed E-state index contributed by atoms with van der Waals surface area (Å²) in [5, 5.41) is 16.2. The van der Waals surface area contributed by atoms with Crippen molar-refractivity contribution in [2.75, 3.05) is 12.4 Å². The third-order valence-corrected chi connectivity index (χ3v) is 6.26. The topological polar surface area (TPSA) is 81.9 Å². The van der Waals surface area contributed by atoms with Crippen molar-refractivity contribution < 1.29 is 13.9 Å². The van der Waals surface area contributed by atoms with Crippen LogP contribution in [0.3, 0.4) is 0 Å². The monoisotopic (exact) mass is 485 g/mol. The number of nitrogens with zero attached hydrogens (tertiary/aromatic N) is 4. The minimum atomic E-state index is -0.391. The zero-order chi connectivity index (χ0) is 24.4. The van der Waals surface area contributed by atoms with E-state index in [2.05, 4.69) is 27.2 Å². The van der Waals surface area contributed by atoms with E-state index >= 15 is 0 Å². The Morgan fingerprint density at radius 2 is 1.94 bits per heavy atom. The van der Waals surface area contributed by atoms with Crippen molar-refractivity contribution in [2.24, 2.45) is 0 Å². The summed E-state index contributed by atoms with van der Waals surface area (Å²) in [6, 6.07) is 19.9. The number of benzene rings is 3. The molecule has 0 fully saturated rings. The molecule has 5 aromatic rings.